The highest BCUT2D eigenvalue weighted by molar-refractivity contribution is 7.99. The summed E-state index contributed by atoms with van der Waals surface area (Å²) < 4.78 is 21.3. The van der Waals surface area contributed by atoms with Gasteiger partial charge in [0.25, 0.3) is 5.22 Å². The van der Waals surface area contributed by atoms with Crippen molar-refractivity contribution in [1.29, 1.82) is 0 Å². The number of ether oxygens (including phenoxy) is 3. The van der Waals surface area contributed by atoms with Crippen molar-refractivity contribution in [2.75, 3.05) is 19.5 Å². The van der Waals surface area contributed by atoms with Crippen LogP contribution < -0.4 is 14.2 Å². The van der Waals surface area contributed by atoms with Crippen LogP contribution in [-0.2, 0) is 4.79 Å². The molecular formula is C19H18N2O5S. The second-order valence-electron chi connectivity index (χ2n) is 5.27. The van der Waals surface area contributed by atoms with Crippen LogP contribution in [0.3, 0.4) is 0 Å². The van der Waals surface area contributed by atoms with Crippen molar-refractivity contribution in [3.05, 3.63) is 48.5 Å². The molecule has 0 N–H and O–H groups in total. The molecule has 1 heterocycles. The third-order valence-corrected chi connectivity index (χ3v) is 4.22. The Morgan fingerprint density at radius 3 is 2.33 bits per heavy atom. The van der Waals surface area contributed by atoms with Gasteiger partial charge in [-0.15, -0.1) is 10.2 Å². The van der Waals surface area contributed by atoms with Gasteiger partial charge in [-0.05, 0) is 55.5 Å². The van der Waals surface area contributed by atoms with Gasteiger partial charge < -0.3 is 18.6 Å². The molecule has 8 heteroatoms. The number of methoxy groups -OCH3 is 1. The van der Waals surface area contributed by atoms with Gasteiger partial charge in [0.2, 0.25) is 5.89 Å². The Morgan fingerprint density at radius 2 is 1.67 bits per heavy atom. The van der Waals surface area contributed by atoms with Crippen LogP contribution >= 0.6 is 11.8 Å². The lowest BCUT2D eigenvalue weighted by Gasteiger charge is -2.05. The lowest BCUT2D eigenvalue weighted by atomic mass is 10.2. The normalized spacial score (nSPS) is 10.4. The highest BCUT2D eigenvalue weighted by Crippen LogP contribution is 2.25. The fraction of sp³-hybridized carbons (Fsp3) is 0.211. The molecule has 7 nitrogen and oxygen atoms in total. The fourth-order valence-electron chi connectivity index (χ4n) is 2.17. The van der Waals surface area contributed by atoms with Gasteiger partial charge >= 0.3 is 5.97 Å². The van der Waals surface area contributed by atoms with E-state index in [1.54, 1.807) is 43.5 Å². The van der Waals surface area contributed by atoms with Crippen LogP contribution in [0.5, 0.6) is 17.2 Å². The van der Waals surface area contributed by atoms with E-state index in [-0.39, 0.29) is 5.75 Å². The number of aromatic nitrogens is 2. The van der Waals surface area contributed by atoms with Gasteiger partial charge in [0.05, 0.1) is 13.7 Å². The number of esters is 1. The monoisotopic (exact) mass is 386 g/mol. The zero-order valence-electron chi connectivity index (χ0n) is 14.9. The standard InChI is InChI=1S/C19H18N2O5S/c1-3-24-15-8-10-16(11-9-15)25-17(22)12-27-19-21-20-18(26-19)13-4-6-14(23-2)7-5-13/h4-11H,3,12H2,1-2H3. The molecule has 3 aromatic rings. The van der Waals surface area contributed by atoms with Gasteiger partial charge in [-0.1, -0.05) is 11.8 Å². The highest BCUT2D eigenvalue weighted by Gasteiger charge is 2.12. The SMILES string of the molecule is CCOc1ccc(OC(=O)CSc2nnc(-c3ccc(OC)cc3)o2)cc1. The molecule has 0 saturated heterocycles. The zero-order chi connectivity index (χ0) is 19.1. The van der Waals surface area contributed by atoms with E-state index in [0.29, 0.717) is 23.5 Å². The highest BCUT2D eigenvalue weighted by atomic mass is 32.2. The van der Waals surface area contributed by atoms with E-state index in [2.05, 4.69) is 10.2 Å². The molecule has 0 aliphatic rings. The predicted molar refractivity (Wildman–Crippen MR) is 100 cm³/mol. The Morgan fingerprint density at radius 1 is 1.00 bits per heavy atom. The lowest BCUT2D eigenvalue weighted by molar-refractivity contribution is -0.131. The summed E-state index contributed by atoms with van der Waals surface area (Å²) in [5.41, 5.74) is 0.770. The van der Waals surface area contributed by atoms with Gasteiger partial charge in [-0.25, -0.2) is 0 Å². The quantitative estimate of drug-likeness (QED) is 0.328. The zero-order valence-corrected chi connectivity index (χ0v) is 15.7. The van der Waals surface area contributed by atoms with Gasteiger partial charge in [-0.2, -0.15) is 0 Å². The van der Waals surface area contributed by atoms with E-state index >= 15 is 0 Å². The second-order valence-corrected chi connectivity index (χ2v) is 6.20. The Hall–Kier alpha value is -3.00. The van der Waals surface area contributed by atoms with Crippen LogP contribution in [0.1, 0.15) is 6.92 Å². The summed E-state index contributed by atoms with van der Waals surface area (Å²) in [6.45, 7) is 2.49. The third kappa shape index (κ3) is 5.24. The molecule has 0 unspecified atom stereocenters. The maximum Gasteiger partial charge on any atom is 0.321 e. The number of benzene rings is 2. The van der Waals surface area contributed by atoms with Gasteiger partial charge in [0, 0.05) is 5.56 Å². The van der Waals surface area contributed by atoms with E-state index < -0.39 is 5.97 Å². The minimum Gasteiger partial charge on any atom is -0.497 e. The van der Waals surface area contributed by atoms with Crippen molar-refractivity contribution in [2.45, 2.75) is 12.1 Å². The predicted octanol–water partition coefficient (Wildman–Crippen LogP) is 3.84. The average Bonchev–Trinajstić information content (AvgIpc) is 3.17. The van der Waals surface area contributed by atoms with Crippen molar-refractivity contribution in [3.63, 3.8) is 0 Å². The molecule has 3 rings (SSSR count). The summed E-state index contributed by atoms with van der Waals surface area (Å²) in [5.74, 6) is 1.94. The van der Waals surface area contributed by atoms with Crippen LogP contribution in [0.15, 0.2) is 58.2 Å². The second kappa shape index (κ2) is 9.09. The van der Waals surface area contributed by atoms with Crippen molar-refractivity contribution in [1.82, 2.24) is 10.2 Å². The molecule has 2 aromatic carbocycles. The molecule has 27 heavy (non-hydrogen) atoms. The Kier molecular flexibility index (Phi) is 6.32. The Labute approximate surface area is 160 Å². The van der Waals surface area contributed by atoms with Crippen molar-refractivity contribution < 1.29 is 23.4 Å². The topological polar surface area (TPSA) is 83.7 Å². The maximum atomic E-state index is 12.0. The van der Waals surface area contributed by atoms with Crippen molar-refractivity contribution in [3.8, 4) is 28.7 Å². The summed E-state index contributed by atoms with van der Waals surface area (Å²) >= 11 is 1.12. The number of hydrogen-bond acceptors (Lipinski definition) is 8. The van der Waals surface area contributed by atoms with E-state index in [1.165, 1.54) is 0 Å². The number of nitrogens with zero attached hydrogens (tertiary/aromatic N) is 2. The number of hydrogen-bond donors (Lipinski definition) is 0. The largest absolute Gasteiger partial charge is 0.497 e. The first kappa shape index (κ1) is 18.8. The van der Waals surface area contributed by atoms with E-state index in [1.807, 2.05) is 19.1 Å². The van der Waals surface area contributed by atoms with E-state index in [9.17, 15) is 4.79 Å². The smallest absolute Gasteiger partial charge is 0.321 e. The first-order valence-corrected chi connectivity index (χ1v) is 9.20. The molecule has 0 atom stereocenters. The maximum absolute atomic E-state index is 12.0. The molecule has 0 radical (unpaired) electrons. The lowest BCUT2D eigenvalue weighted by Crippen LogP contribution is -2.10. The van der Waals surface area contributed by atoms with Crippen LogP contribution in [0.4, 0.5) is 0 Å². The number of carbonyl (C=O) groups excluding carboxylic acids is 1. The third-order valence-electron chi connectivity index (χ3n) is 3.42. The van der Waals surface area contributed by atoms with Crippen LogP contribution in [-0.4, -0.2) is 35.6 Å². The number of rotatable bonds is 8. The average molecular weight is 386 g/mol. The van der Waals surface area contributed by atoms with Crippen molar-refractivity contribution in [2.24, 2.45) is 0 Å². The van der Waals surface area contributed by atoms with Crippen LogP contribution in [0.25, 0.3) is 11.5 Å². The van der Waals surface area contributed by atoms with Gasteiger partial charge in [-0.3, -0.25) is 4.79 Å². The molecule has 0 bridgehead atoms. The first-order valence-electron chi connectivity index (χ1n) is 8.22. The molecule has 140 valence electrons. The summed E-state index contributed by atoms with van der Waals surface area (Å²) in [4.78, 5) is 12.0. The molecule has 0 amide bonds. The molecule has 1 aromatic heterocycles. The minimum absolute atomic E-state index is 0.0530. The Bertz CT molecular complexity index is 878. The van der Waals surface area contributed by atoms with Crippen LogP contribution in [0.2, 0.25) is 0 Å². The molecule has 0 aliphatic carbocycles. The van der Waals surface area contributed by atoms with E-state index in [0.717, 1.165) is 28.8 Å². The summed E-state index contributed by atoms with van der Waals surface area (Å²) in [6, 6.07) is 14.1. The first-order chi connectivity index (χ1) is 13.2. The fourth-order valence-corrected chi connectivity index (χ4v) is 2.71. The number of thioether (sulfide) groups is 1. The summed E-state index contributed by atoms with van der Waals surface area (Å²) in [5, 5.41) is 8.22. The molecule has 0 fully saturated rings. The number of carbonyl (C=O) groups is 1. The molecule has 0 spiro atoms. The Balaban J connectivity index is 1.52. The molecule has 0 saturated carbocycles. The van der Waals surface area contributed by atoms with Crippen LogP contribution in [0, 0.1) is 0 Å². The summed E-state index contributed by atoms with van der Waals surface area (Å²) in [7, 11) is 1.60. The van der Waals surface area contributed by atoms with Gasteiger partial charge in [0.1, 0.15) is 23.0 Å². The molecular weight excluding hydrogens is 368 g/mol. The van der Waals surface area contributed by atoms with E-state index in [4.69, 9.17) is 18.6 Å². The summed E-state index contributed by atoms with van der Waals surface area (Å²) in [6.07, 6.45) is 0. The van der Waals surface area contributed by atoms with Gasteiger partial charge in [0.15, 0.2) is 0 Å². The minimum atomic E-state index is -0.409. The van der Waals surface area contributed by atoms with Crippen molar-refractivity contribution >= 4 is 17.7 Å². The molecule has 0 aliphatic heterocycles.